The Morgan fingerprint density at radius 3 is 2.88 bits per heavy atom. The first-order valence-electron chi connectivity index (χ1n) is 5.31. The first kappa shape index (κ1) is 11.9. The third-order valence-electron chi connectivity index (χ3n) is 2.87. The second kappa shape index (κ2) is 4.76. The summed E-state index contributed by atoms with van der Waals surface area (Å²) >= 11 is 3.39. The SMILES string of the molecule is N#Cc1ccc(N2CC(CBr)CC2=O)c(N)c1. The Kier molecular flexibility index (Phi) is 3.34. The van der Waals surface area contributed by atoms with E-state index in [4.69, 9.17) is 11.0 Å². The molecule has 1 aromatic carbocycles. The molecule has 1 fully saturated rings. The summed E-state index contributed by atoms with van der Waals surface area (Å²) in [5.74, 6) is 0.420. The molecular formula is C12H12BrN3O. The number of nitrogens with two attached hydrogens (primary N) is 1. The van der Waals surface area contributed by atoms with E-state index in [1.807, 2.05) is 6.07 Å². The molecule has 17 heavy (non-hydrogen) atoms. The molecule has 2 rings (SSSR count). The summed E-state index contributed by atoms with van der Waals surface area (Å²) in [6.45, 7) is 0.681. The molecule has 0 aromatic heterocycles. The molecule has 1 heterocycles. The molecule has 0 saturated carbocycles. The van der Waals surface area contributed by atoms with Gasteiger partial charge in [-0.05, 0) is 24.1 Å². The minimum atomic E-state index is 0.0888. The van der Waals surface area contributed by atoms with Crippen molar-refractivity contribution in [2.45, 2.75) is 6.42 Å². The number of hydrogen-bond acceptors (Lipinski definition) is 3. The maximum Gasteiger partial charge on any atom is 0.227 e. The van der Waals surface area contributed by atoms with Crippen LogP contribution in [0.5, 0.6) is 0 Å². The van der Waals surface area contributed by atoms with Crippen molar-refractivity contribution in [3.63, 3.8) is 0 Å². The summed E-state index contributed by atoms with van der Waals surface area (Å²) in [4.78, 5) is 13.5. The zero-order valence-electron chi connectivity index (χ0n) is 9.19. The molecule has 1 aliphatic heterocycles. The van der Waals surface area contributed by atoms with Gasteiger partial charge in [-0.25, -0.2) is 0 Å². The molecule has 2 N–H and O–H groups in total. The van der Waals surface area contributed by atoms with E-state index in [0.717, 1.165) is 5.33 Å². The van der Waals surface area contributed by atoms with E-state index in [1.165, 1.54) is 0 Å². The number of nitrogens with zero attached hydrogens (tertiary/aromatic N) is 2. The lowest BCUT2D eigenvalue weighted by Crippen LogP contribution is -2.25. The van der Waals surface area contributed by atoms with Crippen molar-refractivity contribution in [2.24, 2.45) is 5.92 Å². The van der Waals surface area contributed by atoms with Gasteiger partial charge in [-0.2, -0.15) is 5.26 Å². The van der Waals surface area contributed by atoms with Gasteiger partial charge in [0.1, 0.15) is 0 Å². The number of hydrogen-bond donors (Lipinski definition) is 1. The normalized spacial score (nSPS) is 19.4. The molecule has 1 atom stereocenters. The average molecular weight is 294 g/mol. The predicted molar refractivity (Wildman–Crippen MR) is 69.8 cm³/mol. The number of anilines is 2. The minimum absolute atomic E-state index is 0.0888. The predicted octanol–water partition coefficient (Wildman–Crippen LogP) is 1.89. The molecule has 0 aliphatic carbocycles. The second-order valence-electron chi connectivity index (χ2n) is 4.11. The van der Waals surface area contributed by atoms with Crippen LogP contribution in [0.4, 0.5) is 11.4 Å². The fourth-order valence-corrected chi connectivity index (χ4v) is 2.42. The third kappa shape index (κ3) is 2.27. The van der Waals surface area contributed by atoms with Crippen molar-refractivity contribution in [2.75, 3.05) is 22.5 Å². The van der Waals surface area contributed by atoms with Gasteiger partial charge in [0.15, 0.2) is 0 Å². The maximum absolute atomic E-state index is 11.8. The minimum Gasteiger partial charge on any atom is -0.397 e. The molecule has 0 bridgehead atoms. The van der Waals surface area contributed by atoms with E-state index in [2.05, 4.69) is 15.9 Å². The number of alkyl halides is 1. The zero-order chi connectivity index (χ0) is 12.4. The van der Waals surface area contributed by atoms with Crippen molar-refractivity contribution >= 4 is 33.2 Å². The number of nitriles is 1. The van der Waals surface area contributed by atoms with E-state index in [0.29, 0.717) is 35.8 Å². The van der Waals surface area contributed by atoms with E-state index < -0.39 is 0 Å². The Balaban J connectivity index is 2.29. The van der Waals surface area contributed by atoms with Crippen molar-refractivity contribution in [3.8, 4) is 6.07 Å². The largest absolute Gasteiger partial charge is 0.397 e. The van der Waals surface area contributed by atoms with Crippen molar-refractivity contribution in [1.82, 2.24) is 0 Å². The van der Waals surface area contributed by atoms with Crippen molar-refractivity contribution in [3.05, 3.63) is 23.8 Å². The Morgan fingerprint density at radius 2 is 2.35 bits per heavy atom. The first-order chi connectivity index (χ1) is 8.15. The summed E-state index contributed by atoms with van der Waals surface area (Å²) in [5.41, 5.74) is 7.56. The molecule has 0 radical (unpaired) electrons. The first-order valence-corrected chi connectivity index (χ1v) is 6.43. The summed E-state index contributed by atoms with van der Waals surface area (Å²) in [7, 11) is 0. The summed E-state index contributed by atoms with van der Waals surface area (Å²) in [6, 6.07) is 7.05. The Labute approximate surface area is 108 Å². The van der Waals surface area contributed by atoms with Crippen molar-refractivity contribution < 1.29 is 4.79 Å². The van der Waals surface area contributed by atoms with E-state index in [-0.39, 0.29) is 5.91 Å². The van der Waals surface area contributed by atoms with E-state index in [9.17, 15) is 4.79 Å². The molecule has 5 heteroatoms. The number of amides is 1. The smallest absolute Gasteiger partial charge is 0.227 e. The van der Waals surface area contributed by atoms with Crippen LogP contribution >= 0.6 is 15.9 Å². The van der Waals surface area contributed by atoms with Gasteiger partial charge < -0.3 is 10.6 Å². The van der Waals surface area contributed by atoms with Gasteiger partial charge >= 0.3 is 0 Å². The average Bonchev–Trinajstić information content (AvgIpc) is 2.70. The molecule has 1 aromatic rings. The van der Waals surface area contributed by atoms with Crippen LogP contribution < -0.4 is 10.6 Å². The van der Waals surface area contributed by atoms with Gasteiger partial charge in [-0.15, -0.1) is 0 Å². The molecular weight excluding hydrogens is 282 g/mol. The Bertz CT molecular complexity index is 495. The van der Waals surface area contributed by atoms with Gasteiger partial charge in [0.05, 0.1) is 23.0 Å². The second-order valence-corrected chi connectivity index (χ2v) is 4.76. The standard InChI is InChI=1S/C12H12BrN3O/c13-5-9-4-12(17)16(7-9)11-2-1-8(6-14)3-10(11)15/h1-3,9H,4-5,7,15H2. The number of carbonyl (C=O) groups is 1. The fraction of sp³-hybridized carbons (Fsp3) is 0.333. The van der Waals surface area contributed by atoms with Gasteiger partial charge in [0.25, 0.3) is 0 Å². The highest BCUT2D eigenvalue weighted by atomic mass is 79.9. The number of nitrogen functional groups attached to an aromatic ring is 1. The number of rotatable bonds is 2. The van der Waals surface area contributed by atoms with Crippen LogP contribution in [0.15, 0.2) is 18.2 Å². The van der Waals surface area contributed by atoms with E-state index >= 15 is 0 Å². The zero-order valence-corrected chi connectivity index (χ0v) is 10.8. The van der Waals surface area contributed by atoms with Crippen LogP contribution in [0.2, 0.25) is 0 Å². The number of benzene rings is 1. The van der Waals surface area contributed by atoms with Crippen molar-refractivity contribution in [1.29, 1.82) is 5.26 Å². The third-order valence-corrected chi connectivity index (χ3v) is 3.79. The van der Waals surface area contributed by atoms with Gasteiger partial charge in [0.2, 0.25) is 5.91 Å². The monoisotopic (exact) mass is 293 g/mol. The van der Waals surface area contributed by atoms with Crippen LogP contribution in [0, 0.1) is 17.2 Å². The lowest BCUT2D eigenvalue weighted by atomic mass is 10.1. The molecule has 1 unspecified atom stereocenters. The lowest BCUT2D eigenvalue weighted by molar-refractivity contribution is -0.117. The fourth-order valence-electron chi connectivity index (χ4n) is 1.99. The van der Waals surface area contributed by atoms with Crippen LogP contribution in [0.1, 0.15) is 12.0 Å². The summed E-state index contributed by atoms with van der Waals surface area (Å²) in [6.07, 6.45) is 0.546. The van der Waals surface area contributed by atoms with E-state index in [1.54, 1.807) is 23.1 Å². The highest BCUT2D eigenvalue weighted by Gasteiger charge is 2.30. The number of carbonyl (C=O) groups excluding carboxylic acids is 1. The molecule has 4 nitrogen and oxygen atoms in total. The van der Waals surface area contributed by atoms with Crippen LogP contribution in [-0.4, -0.2) is 17.8 Å². The number of halogens is 1. The maximum atomic E-state index is 11.8. The highest BCUT2D eigenvalue weighted by molar-refractivity contribution is 9.09. The summed E-state index contributed by atoms with van der Waals surface area (Å²) < 4.78 is 0. The molecule has 88 valence electrons. The summed E-state index contributed by atoms with van der Waals surface area (Å²) in [5, 5.41) is 9.57. The topological polar surface area (TPSA) is 70.1 Å². The van der Waals surface area contributed by atoms with Gasteiger partial charge in [-0.3, -0.25) is 4.79 Å². The molecule has 1 saturated heterocycles. The Hall–Kier alpha value is -1.54. The highest BCUT2D eigenvalue weighted by Crippen LogP contribution is 2.30. The molecule has 1 amide bonds. The van der Waals surface area contributed by atoms with Crippen LogP contribution in [0.3, 0.4) is 0 Å². The lowest BCUT2D eigenvalue weighted by Gasteiger charge is -2.18. The molecule has 0 spiro atoms. The van der Waals surface area contributed by atoms with Crippen LogP contribution in [-0.2, 0) is 4.79 Å². The quantitative estimate of drug-likeness (QED) is 0.669. The van der Waals surface area contributed by atoms with Gasteiger partial charge in [-0.1, -0.05) is 15.9 Å². The molecule has 1 aliphatic rings. The Morgan fingerprint density at radius 1 is 1.59 bits per heavy atom. The van der Waals surface area contributed by atoms with Crippen LogP contribution in [0.25, 0.3) is 0 Å². The van der Waals surface area contributed by atoms with Gasteiger partial charge in [0, 0.05) is 18.3 Å².